The summed E-state index contributed by atoms with van der Waals surface area (Å²) in [5, 5.41) is 0.600. The number of hydrogen-bond acceptors (Lipinski definition) is 3. The van der Waals surface area contributed by atoms with Gasteiger partial charge in [-0.05, 0) is 49.3 Å². The van der Waals surface area contributed by atoms with Gasteiger partial charge in [0.15, 0.2) is 0 Å². The van der Waals surface area contributed by atoms with Crippen molar-refractivity contribution in [2.45, 2.75) is 25.7 Å². The molecule has 3 nitrogen and oxygen atoms in total. The molecule has 5 heteroatoms. The first-order valence-corrected chi connectivity index (χ1v) is 8.89. The maximum Gasteiger partial charge on any atom is 0.204 e. The SMILES string of the molecule is NCCCCCCN1C=CC(=C/C=C2\C=C(Cl)C=C(Cl)C2=O)C=C1. The summed E-state index contributed by atoms with van der Waals surface area (Å²) in [6.45, 7) is 1.78. The third-order valence-corrected chi connectivity index (χ3v) is 4.28. The number of allylic oxidation sites excluding steroid dienone is 10. The lowest BCUT2D eigenvalue weighted by molar-refractivity contribution is -0.111. The lowest BCUT2D eigenvalue weighted by atomic mass is 10.0. The average molecular weight is 365 g/mol. The molecule has 0 saturated carbocycles. The number of hydrogen-bond donors (Lipinski definition) is 1. The van der Waals surface area contributed by atoms with E-state index in [1.165, 1.54) is 18.9 Å². The smallest absolute Gasteiger partial charge is 0.204 e. The van der Waals surface area contributed by atoms with Crippen LogP contribution in [0.1, 0.15) is 25.7 Å². The van der Waals surface area contributed by atoms with Gasteiger partial charge in [0.25, 0.3) is 0 Å². The minimum Gasteiger partial charge on any atom is -0.354 e. The fourth-order valence-corrected chi connectivity index (χ4v) is 2.92. The highest BCUT2D eigenvalue weighted by Crippen LogP contribution is 2.24. The van der Waals surface area contributed by atoms with Crippen LogP contribution in [0.2, 0.25) is 0 Å². The Morgan fingerprint density at radius 1 is 1.00 bits per heavy atom. The van der Waals surface area contributed by atoms with Crippen LogP contribution in [0.5, 0.6) is 0 Å². The van der Waals surface area contributed by atoms with Gasteiger partial charge in [0.2, 0.25) is 5.78 Å². The highest BCUT2D eigenvalue weighted by atomic mass is 35.5. The molecule has 2 N–H and O–H groups in total. The van der Waals surface area contributed by atoms with Crippen LogP contribution < -0.4 is 5.73 Å². The second-order valence-electron chi connectivity index (χ2n) is 5.71. The molecule has 0 unspecified atom stereocenters. The van der Waals surface area contributed by atoms with Crippen LogP contribution in [0.25, 0.3) is 0 Å². The largest absolute Gasteiger partial charge is 0.354 e. The normalized spacial score (nSPS) is 19.0. The monoisotopic (exact) mass is 364 g/mol. The molecule has 0 aromatic heterocycles. The highest BCUT2D eigenvalue weighted by molar-refractivity contribution is 6.48. The molecule has 0 spiro atoms. The Morgan fingerprint density at radius 2 is 1.71 bits per heavy atom. The molecule has 2 aliphatic rings. The molecule has 2 rings (SSSR count). The van der Waals surface area contributed by atoms with E-state index in [9.17, 15) is 4.79 Å². The molecule has 1 heterocycles. The van der Waals surface area contributed by atoms with Gasteiger partial charge in [0.05, 0.1) is 5.03 Å². The van der Waals surface area contributed by atoms with E-state index in [0.717, 1.165) is 31.5 Å². The zero-order valence-corrected chi connectivity index (χ0v) is 15.1. The lowest BCUT2D eigenvalue weighted by Gasteiger charge is -2.18. The van der Waals surface area contributed by atoms with Gasteiger partial charge in [-0.1, -0.05) is 48.2 Å². The number of rotatable bonds is 7. The Balaban J connectivity index is 1.87. The van der Waals surface area contributed by atoms with Crippen molar-refractivity contribution >= 4 is 29.0 Å². The van der Waals surface area contributed by atoms with Gasteiger partial charge in [-0.2, -0.15) is 0 Å². The van der Waals surface area contributed by atoms with Crippen LogP contribution in [0.3, 0.4) is 0 Å². The molecule has 24 heavy (non-hydrogen) atoms. The summed E-state index contributed by atoms with van der Waals surface area (Å²) in [6.07, 6.45) is 19.5. The van der Waals surface area contributed by atoms with Gasteiger partial charge >= 0.3 is 0 Å². The van der Waals surface area contributed by atoms with Crippen molar-refractivity contribution in [2.24, 2.45) is 5.73 Å². The molecule has 0 fully saturated rings. The molecule has 0 amide bonds. The minimum atomic E-state index is -0.208. The summed E-state index contributed by atoms with van der Waals surface area (Å²) in [5.74, 6) is -0.208. The third kappa shape index (κ3) is 5.82. The number of nitrogens with zero attached hydrogens (tertiary/aromatic N) is 1. The Labute approximate surface area is 153 Å². The van der Waals surface area contributed by atoms with Gasteiger partial charge < -0.3 is 10.6 Å². The standard InChI is InChI=1S/C19H22Cl2N2O/c20-17-13-16(19(24)18(21)14-17)6-5-15-7-11-23(12-8-15)10-4-2-1-3-9-22/h5-8,11-14H,1-4,9-10,22H2/b16-6+. The van der Waals surface area contributed by atoms with Gasteiger partial charge in [-0.3, -0.25) is 4.79 Å². The van der Waals surface area contributed by atoms with E-state index in [0.29, 0.717) is 10.6 Å². The molecule has 1 aliphatic heterocycles. The molecule has 128 valence electrons. The van der Waals surface area contributed by atoms with E-state index in [-0.39, 0.29) is 10.8 Å². The summed E-state index contributed by atoms with van der Waals surface area (Å²) in [5.41, 5.74) is 7.00. The number of ketones is 1. The molecule has 1 aliphatic carbocycles. The van der Waals surface area contributed by atoms with Crippen LogP contribution in [0.4, 0.5) is 0 Å². The molecule has 0 bridgehead atoms. The summed E-state index contributed by atoms with van der Waals surface area (Å²) in [6, 6.07) is 0. The van der Waals surface area contributed by atoms with Gasteiger partial charge in [-0.15, -0.1) is 0 Å². The quantitative estimate of drug-likeness (QED) is 0.533. The second kappa shape index (κ2) is 9.67. The first-order chi connectivity index (χ1) is 11.6. The predicted octanol–water partition coefficient (Wildman–Crippen LogP) is 4.53. The van der Waals surface area contributed by atoms with Gasteiger partial charge in [0, 0.05) is 29.6 Å². The van der Waals surface area contributed by atoms with Crippen LogP contribution in [-0.2, 0) is 4.79 Å². The number of Topliss-reactive ketones (excluding diaryl/α,β-unsaturated/α-hetero) is 1. The number of nitrogens with two attached hydrogens (primary N) is 1. The number of carbonyl (C=O) groups excluding carboxylic acids is 1. The predicted molar refractivity (Wildman–Crippen MR) is 102 cm³/mol. The van der Waals surface area contributed by atoms with Crippen molar-refractivity contribution in [3.05, 3.63) is 70.1 Å². The Bertz CT molecular complexity index is 638. The highest BCUT2D eigenvalue weighted by Gasteiger charge is 2.16. The average Bonchev–Trinajstić information content (AvgIpc) is 2.57. The third-order valence-electron chi connectivity index (χ3n) is 3.78. The Hall–Kier alpha value is -1.55. The Morgan fingerprint density at radius 3 is 2.42 bits per heavy atom. The maximum absolute atomic E-state index is 11.9. The zero-order valence-electron chi connectivity index (χ0n) is 13.6. The summed E-state index contributed by atoms with van der Waals surface area (Å²) >= 11 is 11.8. The molecular formula is C19H22Cl2N2O. The number of halogens is 2. The first-order valence-electron chi connectivity index (χ1n) is 8.13. The van der Waals surface area contributed by atoms with E-state index < -0.39 is 0 Å². The molecule has 0 radical (unpaired) electrons. The molecule has 0 saturated heterocycles. The fourth-order valence-electron chi connectivity index (χ4n) is 2.41. The number of carbonyl (C=O) groups is 1. The van der Waals surface area contributed by atoms with Crippen LogP contribution in [0.15, 0.2) is 70.1 Å². The first kappa shape index (κ1) is 18.8. The summed E-state index contributed by atoms with van der Waals surface area (Å²) in [7, 11) is 0. The zero-order chi connectivity index (χ0) is 17.4. The minimum absolute atomic E-state index is 0.141. The van der Waals surface area contributed by atoms with Crippen molar-refractivity contribution in [1.29, 1.82) is 0 Å². The van der Waals surface area contributed by atoms with E-state index in [4.69, 9.17) is 28.9 Å². The van der Waals surface area contributed by atoms with E-state index in [1.54, 1.807) is 12.2 Å². The summed E-state index contributed by atoms with van der Waals surface area (Å²) < 4.78 is 0. The topological polar surface area (TPSA) is 46.3 Å². The maximum atomic E-state index is 11.9. The lowest BCUT2D eigenvalue weighted by Crippen LogP contribution is -2.13. The van der Waals surface area contributed by atoms with E-state index in [2.05, 4.69) is 4.90 Å². The molecule has 0 atom stereocenters. The Kier molecular flexibility index (Phi) is 7.57. The van der Waals surface area contributed by atoms with Crippen molar-refractivity contribution in [2.75, 3.05) is 13.1 Å². The molecular weight excluding hydrogens is 343 g/mol. The molecule has 0 aromatic rings. The fraction of sp³-hybridized carbons (Fsp3) is 0.316. The number of unbranched alkanes of at least 4 members (excludes halogenated alkanes) is 3. The van der Waals surface area contributed by atoms with Crippen molar-refractivity contribution in [3.63, 3.8) is 0 Å². The van der Waals surface area contributed by atoms with Crippen molar-refractivity contribution in [1.82, 2.24) is 4.90 Å². The van der Waals surface area contributed by atoms with Crippen LogP contribution >= 0.6 is 23.2 Å². The van der Waals surface area contributed by atoms with Gasteiger partial charge in [0.1, 0.15) is 0 Å². The van der Waals surface area contributed by atoms with E-state index >= 15 is 0 Å². The van der Waals surface area contributed by atoms with Crippen LogP contribution in [0, 0.1) is 0 Å². The second-order valence-corrected chi connectivity index (χ2v) is 6.56. The van der Waals surface area contributed by atoms with Gasteiger partial charge in [-0.25, -0.2) is 0 Å². The molecule has 0 aromatic carbocycles. The van der Waals surface area contributed by atoms with Crippen molar-refractivity contribution < 1.29 is 4.79 Å². The van der Waals surface area contributed by atoms with Crippen LogP contribution in [-0.4, -0.2) is 23.8 Å². The van der Waals surface area contributed by atoms with E-state index in [1.807, 2.05) is 30.6 Å². The van der Waals surface area contributed by atoms with Crippen molar-refractivity contribution in [3.8, 4) is 0 Å². The summed E-state index contributed by atoms with van der Waals surface area (Å²) in [4.78, 5) is 14.1.